The fraction of sp³-hybridized carbons (Fsp3) is 0.125. The summed E-state index contributed by atoms with van der Waals surface area (Å²) < 4.78 is 12.9. The first-order valence-corrected chi connectivity index (χ1v) is 6.59. The molecule has 4 nitrogen and oxygen atoms in total. The van der Waals surface area contributed by atoms with Crippen molar-refractivity contribution in [3.63, 3.8) is 0 Å². The fourth-order valence-electron chi connectivity index (χ4n) is 2.41. The van der Waals surface area contributed by atoms with Crippen LogP contribution in [0.5, 0.6) is 0 Å². The van der Waals surface area contributed by atoms with Gasteiger partial charge in [-0.25, -0.2) is 4.39 Å². The number of nitrogens with one attached hydrogen (secondary N) is 2. The summed E-state index contributed by atoms with van der Waals surface area (Å²) >= 11 is 0. The number of fused-ring (bicyclic) bond motifs is 1. The lowest BCUT2D eigenvalue weighted by Gasteiger charge is -2.24. The van der Waals surface area contributed by atoms with E-state index in [1.54, 1.807) is 12.1 Å². The van der Waals surface area contributed by atoms with E-state index >= 15 is 0 Å². The molecule has 1 heterocycles. The van der Waals surface area contributed by atoms with Gasteiger partial charge in [0.1, 0.15) is 5.82 Å². The van der Waals surface area contributed by atoms with Gasteiger partial charge >= 0.3 is 0 Å². The zero-order valence-electron chi connectivity index (χ0n) is 11.1. The second kappa shape index (κ2) is 5.36. The molecular formula is C16H13FN2O2. The van der Waals surface area contributed by atoms with Crippen molar-refractivity contribution in [2.75, 3.05) is 10.6 Å². The second-order valence-corrected chi connectivity index (χ2v) is 4.89. The molecular weight excluding hydrogens is 271 g/mol. The molecule has 1 aliphatic heterocycles. The molecule has 0 radical (unpaired) electrons. The average Bonchev–Trinajstić information content (AvgIpc) is 2.48. The number of carbonyl (C=O) groups is 2. The zero-order valence-corrected chi connectivity index (χ0v) is 11.1. The monoisotopic (exact) mass is 284 g/mol. The third-order valence-electron chi connectivity index (χ3n) is 3.43. The molecule has 2 N–H and O–H groups in total. The quantitative estimate of drug-likeness (QED) is 0.891. The first-order valence-electron chi connectivity index (χ1n) is 6.59. The van der Waals surface area contributed by atoms with Crippen molar-refractivity contribution in [1.82, 2.24) is 0 Å². The number of anilines is 2. The Morgan fingerprint density at radius 2 is 1.86 bits per heavy atom. The fourth-order valence-corrected chi connectivity index (χ4v) is 2.41. The molecule has 3 rings (SSSR count). The molecule has 5 heteroatoms. The van der Waals surface area contributed by atoms with Gasteiger partial charge in [0.2, 0.25) is 11.8 Å². The van der Waals surface area contributed by atoms with Gasteiger partial charge in [-0.2, -0.15) is 0 Å². The van der Waals surface area contributed by atoms with Crippen molar-refractivity contribution in [3.8, 4) is 0 Å². The molecule has 1 atom stereocenters. The summed E-state index contributed by atoms with van der Waals surface area (Å²) in [5, 5.41) is 5.46. The maximum Gasteiger partial charge on any atom is 0.232 e. The van der Waals surface area contributed by atoms with Crippen LogP contribution in [0.2, 0.25) is 0 Å². The highest BCUT2D eigenvalue weighted by molar-refractivity contribution is 6.05. The second-order valence-electron chi connectivity index (χ2n) is 4.89. The maximum absolute atomic E-state index is 12.9. The lowest BCUT2D eigenvalue weighted by Crippen LogP contribution is -2.30. The summed E-state index contributed by atoms with van der Waals surface area (Å²) in [6.07, 6.45) is 0.101. The SMILES string of the molecule is O=C1CC(C(=O)Nc2ccc(F)cc2)c2ccccc2N1. The minimum atomic E-state index is -0.542. The summed E-state index contributed by atoms with van der Waals surface area (Å²) in [4.78, 5) is 24.1. The van der Waals surface area contributed by atoms with Gasteiger partial charge in [0.05, 0.1) is 5.92 Å². The lowest BCUT2D eigenvalue weighted by molar-refractivity contribution is -0.123. The van der Waals surface area contributed by atoms with Crippen molar-refractivity contribution in [3.05, 3.63) is 59.9 Å². The molecule has 0 spiro atoms. The van der Waals surface area contributed by atoms with E-state index in [4.69, 9.17) is 0 Å². The summed E-state index contributed by atoms with van der Waals surface area (Å²) in [5.41, 5.74) is 1.95. The number of carbonyl (C=O) groups excluding carboxylic acids is 2. The van der Waals surface area contributed by atoms with Gasteiger partial charge in [-0.1, -0.05) is 18.2 Å². The van der Waals surface area contributed by atoms with E-state index in [0.29, 0.717) is 11.4 Å². The van der Waals surface area contributed by atoms with E-state index < -0.39 is 5.92 Å². The van der Waals surface area contributed by atoms with E-state index in [-0.39, 0.29) is 24.1 Å². The largest absolute Gasteiger partial charge is 0.326 e. The molecule has 2 amide bonds. The van der Waals surface area contributed by atoms with Gasteiger partial charge in [0.15, 0.2) is 0 Å². The number of benzene rings is 2. The molecule has 1 aliphatic rings. The van der Waals surface area contributed by atoms with Crippen molar-refractivity contribution >= 4 is 23.2 Å². The minimum absolute atomic E-state index is 0.101. The highest BCUT2D eigenvalue weighted by Crippen LogP contribution is 2.32. The third-order valence-corrected chi connectivity index (χ3v) is 3.43. The van der Waals surface area contributed by atoms with Crippen LogP contribution in [0.4, 0.5) is 15.8 Å². The van der Waals surface area contributed by atoms with E-state index in [0.717, 1.165) is 5.56 Å². The van der Waals surface area contributed by atoms with E-state index in [1.807, 2.05) is 12.1 Å². The van der Waals surface area contributed by atoms with Gasteiger partial charge < -0.3 is 10.6 Å². The van der Waals surface area contributed by atoms with Gasteiger partial charge in [0.25, 0.3) is 0 Å². The van der Waals surface area contributed by atoms with Crippen LogP contribution in [0.1, 0.15) is 17.9 Å². The van der Waals surface area contributed by atoms with Crippen LogP contribution in [-0.4, -0.2) is 11.8 Å². The van der Waals surface area contributed by atoms with Crippen molar-refractivity contribution in [1.29, 1.82) is 0 Å². The van der Waals surface area contributed by atoms with Crippen molar-refractivity contribution < 1.29 is 14.0 Å². The van der Waals surface area contributed by atoms with Crippen LogP contribution >= 0.6 is 0 Å². The summed E-state index contributed by atoms with van der Waals surface area (Å²) in [6, 6.07) is 12.8. The predicted octanol–water partition coefficient (Wildman–Crippen LogP) is 2.89. The summed E-state index contributed by atoms with van der Waals surface area (Å²) in [6.45, 7) is 0. The normalized spacial score (nSPS) is 16.8. The highest BCUT2D eigenvalue weighted by Gasteiger charge is 2.30. The van der Waals surface area contributed by atoms with Crippen LogP contribution in [0.25, 0.3) is 0 Å². The molecule has 21 heavy (non-hydrogen) atoms. The van der Waals surface area contributed by atoms with E-state index in [1.165, 1.54) is 24.3 Å². The predicted molar refractivity (Wildman–Crippen MR) is 77.5 cm³/mol. The van der Waals surface area contributed by atoms with E-state index in [9.17, 15) is 14.0 Å². The molecule has 0 bridgehead atoms. The van der Waals surface area contributed by atoms with Gasteiger partial charge in [-0.15, -0.1) is 0 Å². The average molecular weight is 284 g/mol. The maximum atomic E-state index is 12.9. The number of hydrogen-bond acceptors (Lipinski definition) is 2. The molecule has 0 aliphatic carbocycles. The number of amides is 2. The smallest absolute Gasteiger partial charge is 0.232 e. The van der Waals surface area contributed by atoms with Crippen LogP contribution in [0, 0.1) is 5.82 Å². The van der Waals surface area contributed by atoms with Crippen molar-refractivity contribution in [2.24, 2.45) is 0 Å². The Morgan fingerprint density at radius 3 is 2.62 bits per heavy atom. The molecule has 106 valence electrons. The zero-order chi connectivity index (χ0) is 14.8. The van der Waals surface area contributed by atoms with Crippen LogP contribution in [-0.2, 0) is 9.59 Å². The van der Waals surface area contributed by atoms with Crippen LogP contribution in [0.15, 0.2) is 48.5 Å². The summed E-state index contributed by atoms with van der Waals surface area (Å²) in [5.74, 6) is -1.37. The Hall–Kier alpha value is -2.69. The Balaban J connectivity index is 1.84. The standard InChI is InChI=1S/C16H13FN2O2/c17-10-5-7-11(8-6-10)18-16(21)13-9-15(20)19-14-4-2-1-3-12(13)14/h1-8,13H,9H2,(H,18,21)(H,19,20). The molecule has 2 aromatic carbocycles. The number of rotatable bonds is 2. The Kier molecular flexibility index (Phi) is 3.39. The number of para-hydroxylation sites is 1. The molecule has 2 aromatic rings. The molecule has 0 aromatic heterocycles. The molecule has 1 unspecified atom stereocenters. The highest BCUT2D eigenvalue weighted by atomic mass is 19.1. The van der Waals surface area contributed by atoms with Gasteiger partial charge in [-0.05, 0) is 35.9 Å². The topological polar surface area (TPSA) is 58.2 Å². The van der Waals surface area contributed by atoms with Crippen LogP contribution < -0.4 is 10.6 Å². The Bertz CT molecular complexity index is 698. The Labute approximate surface area is 121 Å². The van der Waals surface area contributed by atoms with Gasteiger partial charge in [0, 0.05) is 17.8 Å². The molecule has 0 saturated heterocycles. The first kappa shape index (κ1) is 13.3. The van der Waals surface area contributed by atoms with Crippen LogP contribution in [0.3, 0.4) is 0 Å². The number of hydrogen-bond donors (Lipinski definition) is 2. The molecule has 0 saturated carbocycles. The van der Waals surface area contributed by atoms with Gasteiger partial charge in [-0.3, -0.25) is 9.59 Å². The van der Waals surface area contributed by atoms with E-state index in [2.05, 4.69) is 10.6 Å². The molecule has 0 fully saturated rings. The summed E-state index contributed by atoms with van der Waals surface area (Å²) in [7, 11) is 0. The lowest BCUT2D eigenvalue weighted by atomic mass is 9.90. The number of halogens is 1. The Morgan fingerprint density at radius 1 is 1.14 bits per heavy atom. The minimum Gasteiger partial charge on any atom is -0.326 e. The first-order chi connectivity index (χ1) is 10.1. The third kappa shape index (κ3) is 2.76. The van der Waals surface area contributed by atoms with Crippen molar-refractivity contribution in [2.45, 2.75) is 12.3 Å².